The highest BCUT2D eigenvalue weighted by Crippen LogP contribution is 2.25. The molecule has 128 valence electrons. The quantitative estimate of drug-likeness (QED) is 0.670. The Labute approximate surface area is 140 Å². The molecule has 0 spiro atoms. The zero-order chi connectivity index (χ0) is 16.3. The lowest BCUT2D eigenvalue weighted by atomic mass is 10.1. The fourth-order valence-corrected chi connectivity index (χ4v) is 3.89. The summed E-state index contributed by atoms with van der Waals surface area (Å²) in [4.78, 5) is 2.42. The predicted molar refractivity (Wildman–Crippen MR) is 96.8 cm³/mol. The van der Waals surface area contributed by atoms with Crippen LogP contribution in [0.5, 0.6) is 0 Å². The fourth-order valence-electron chi connectivity index (χ4n) is 3.89. The number of anilines is 2. The van der Waals surface area contributed by atoms with Crippen LogP contribution >= 0.6 is 0 Å². The smallest absolute Gasteiger partial charge is 0.102 e. The summed E-state index contributed by atoms with van der Waals surface area (Å²) in [6.07, 6.45) is 5.68. The lowest BCUT2D eigenvalue weighted by Crippen LogP contribution is -2.50. The summed E-state index contributed by atoms with van der Waals surface area (Å²) in [6, 6.07) is 6.34. The number of likely N-dealkylation sites (N-methyl/N-ethyl adjacent to an activating group) is 1. The summed E-state index contributed by atoms with van der Waals surface area (Å²) in [5.41, 5.74) is 9.23. The topological polar surface area (TPSA) is 38.5 Å². The molecule has 2 heterocycles. The minimum Gasteiger partial charge on any atom is -0.399 e. The van der Waals surface area contributed by atoms with Gasteiger partial charge in [-0.3, -0.25) is 0 Å². The van der Waals surface area contributed by atoms with Crippen LogP contribution in [0.4, 0.5) is 11.4 Å². The standard InChI is InChI=1S/C19H32N3O/c1-16-14-17(6-7-19(16)20)21-9-8-18(15-21)23-13-12-22(2)10-4-3-5-11-22/h6-7,14,18H,3-5,8-13,15,20H2,1-2H3/q+1. The van der Waals surface area contributed by atoms with E-state index in [4.69, 9.17) is 10.5 Å². The molecule has 0 aliphatic carbocycles. The monoisotopic (exact) mass is 318 g/mol. The van der Waals surface area contributed by atoms with Crippen LogP contribution in [0.25, 0.3) is 0 Å². The Bertz CT molecular complexity index is 525. The van der Waals surface area contributed by atoms with Crippen molar-refractivity contribution in [3.63, 3.8) is 0 Å². The highest BCUT2D eigenvalue weighted by molar-refractivity contribution is 5.58. The van der Waals surface area contributed by atoms with Gasteiger partial charge in [0.25, 0.3) is 0 Å². The number of benzene rings is 1. The van der Waals surface area contributed by atoms with Gasteiger partial charge in [-0.25, -0.2) is 0 Å². The number of likely N-dealkylation sites (tertiary alicyclic amines) is 1. The van der Waals surface area contributed by atoms with Crippen molar-refractivity contribution in [1.29, 1.82) is 0 Å². The van der Waals surface area contributed by atoms with Crippen LogP contribution in [-0.4, -0.2) is 57.0 Å². The van der Waals surface area contributed by atoms with Gasteiger partial charge in [-0.2, -0.15) is 0 Å². The second kappa shape index (κ2) is 7.10. The van der Waals surface area contributed by atoms with E-state index in [-0.39, 0.29) is 0 Å². The second-order valence-electron chi connectivity index (χ2n) is 7.62. The predicted octanol–water partition coefficient (Wildman–Crippen LogP) is 2.80. The molecule has 2 N–H and O–H groups in total. The molecule has 0 saturated carbocycles. The average molecular weight is 318 g/mol. The molecule has 23 heavy (non-hydrogen) atoms. The van der Waals surface area contributed by atoms with E-state index in [0.29, 0.717) is 6.10 Å². The molecule has 2 fully saturated rings. The first-order valence-corrected chi connectivity index (χ1v) is 9.12. The normalized spacial score (nSPS) is 24.1. The number of rotatable bonds is 5. The van der Waals surface area contributed by atoms with Gasteiger partial charge in [0.1, 0.15) is 6.54 Å². The van der Waals surface area contributed by atoms with Crippen molar-refractivity contribution in [3.8, 4) is 0 Å². The SMILES string of the molecule is Cc1cc(N2CCC(OCC[N+]3(C)CCCCC3)C2)ccc1N. The van der Waals surface area contributed by atoms with E-state index < -0.39 is 0 Å². The van der Waals surface area contributed by atoms with E-state index in [1.165, 1.54) is 42.5 Å². The molecule has 1 aromatic carbocycles. The van der Waals surface area contributed by atoms with Crippen molar-refractivity contribution in [3.05, 3.63) is 23.8 Å². The third kappa shape index (κ3) is 4.18. The summed E-state index contributed by atoms with van der Waals surface area (Å²) in [5, 5.41) is 0. The first-order chi connectivity index (χ1) is 11.1. The number of nitrogen functional groups attached to an aromatic ring is 1. The maximum Gasteiger partial charge on any atom is 0.102 e. The third-order valence-corrected chi connectivity index (χ3v) is 5.64. The maximum absolute atomic E-state index is 6.19. The lowest BCUT2D eigenvalue weighted by Gasteiger charge is -2.37. The summed E-state index contributed by atoms with van der Waals surface area (Å²) in [5.74, 6) is 0. The Morgan fingerprint density at radius 1 is 1.26 bits per heavy atom. The molecule has 4 nitrogen and oxygen atoms in total. The Balaban J connectivity index is 1.45. The zero-order valence-corrected chi connectivity index (χ0v) is 14.8. The average Bonchev–Trinajstić information content (AvgIpc) is 2.99. The number of nitrogens with zero attached hydrogens (tertiary/aromatic N) is 2. The van der Waals surface area contributed by atoms with Crippen LogP contribution in [0.15, 0.2) is 18.2 Å². The molecule has 2 aliphatic heterocycles. The van der Waals surface area contributed by atoms with Gasteiger partial charge in [0, 0.05) is 24.5 Å². The van der Waals surface area contributed by atoms with E-state index in [2.05, 4.69) is 31.0 Å². The van der Waals surface area contributed by atoms with Crippen molar-refractivity contribution in [2.24, 2.45) is 0 Å². The molecule has 1 aromatic rings. The Kier molecular flexibility index (Phi) is 5.12. The number of nitrogens with two attached hydrogens (primary N) is 1. The summed E-state index contributed by atoms with van der Waals surface area (Å²) in [6.45, 7) is 8.88. The Morgan fingerprint density at radius 3 is 2.78 bits per heavy atom. The number of ether oxygens (including phenoxy) is 1. The molecule has 0 amide bonds. The molecular weight excluding hydrogens is 286 g/mol. The number of quaternary nitrogens is 1. The van der Waals surface area contributed by atoms with Crippen LogP contribution in [0.3, 0.4) is 0 Å². The minimum absolute atomic E-state index is 0.379. The van der Waals surface area contributed by atoms with Gasteiger partial charge in [0.2, 0.25) is 0 Å². The van der Waals surface area contributed by atoms with Crippen molar-refractivity contribution < 1.29 is 9.22 Å². The zero-order valence-electron chi connectivity index (χ0n) is 14.8. The molecule has 1 atom stereocenters. The van der Waals surface area contributed by atoms with Gasteiger partial charge >= 0.3 is 0 Å². The van der Waals surface area contributed by atoms with Crippen LogP contribution in [0.2, 0.25) is 0 Å². The van der Waals surface area contributed by atoms with Crippen LogP contribution in [0, 0.1) is 6.92 Å². The lowest BCUT2D eigenvalue weighted by molar-refractivity contribution is -0.914. The van der Waals surface area contributed by atoms with Gasteiger partial charge < -0.3 is 19.9 Å². The molecule has 4 heteroatoms. The molecule has 1 unspecified atom stereocenters. The molecule has 0 aromatic heterocycles. The van der Waals surface area contributed by atoms with Crippen molar-refractivity contribution >= 4 is 11.4 Å². The molecule has 2 saturated heterocycles. The van der Waals surface area contributed by atoms with Gasteiger partial charge in [-0.1, -0.05) is 0 Å². The molecule has 0 bridgehead atoms. The Morgan fingerprint density at radius 2 is 2.04 bits per heavy atom. The van der Waals surface area contributed by atoms with Gasteiger partial charge in [0.05, 0.1) is 32.8 Å². The van der Waals surface area contributed by atoms with Crippen LogP contribution in [0.1, 0.15) is 31.2 Å². The summed E-state index contributed by atoms with van der Waals surface area (Å²) >= 11 is 0. The van der Waals surface area contributed by atoms with E-state index in [1.807, 2.05) is 6.07 Å². The highest BCUT2D eigenvalue weighted by Gasteiger charge is 2.27. The van der Waals surface area contributed by atoms with Gasteiger partial charge in [-0.05, 0) is 56.4 Å². The van der Waals surface area contributed by atoms with Gasteiger partial charge in [-0.15, -0.1) is 0 Å². The van der Waals surface area contributed by atoms with Crippen molar-refractivity contribution in [1.82, 2.24) is 0 Å². The summed E-state index contributed by atoms with van der Waals surface area (Å²) in [7, 11) is 2.39. The van der Waals surface area contributed by atoms with E-state index in [0.717, 1.165) is 43.9 Å². The van der Waals surface area contributed by atoms with Crippen LogP contribution in [-0.2, 0) is 4.74 Å². The largest absolute Gasteiger partial charge is 0.399 e. The molecule has 2 aliphatic rings. The first kappa shape index (κ1) is 16.6. The number of aryl methyl sites for hydroxylation is 1. The number of hydrogen-bond donors (Lipinski definition) is 1. The van der Waals surface area contributed by atoms with Gasteiger partial charge in [0.15, 0.2) is 0 Å². The number of hydrogen-bond acceptors (Lipinski definition) is 3. The molecule has 0 radical (unpaired) electrons. The van der Waals surface area contributed by atoms with E-state index in [9.17, 15) is 0 Å². The summed E-state index contributed by atoms with van der Waals surface area (Å²) < 4.78 is 7.40. The van der Waals surface area contributed by atoms with E-state index >= 15 is 0 Å². The molecular formula is C19H32N3O+. The first-order valence-electron chi connectivity index (χ1n) is 9.12. The fraction of sp³-hybridized carbons (Fsp3) is 0.684. The maximum atomic E-state index is 6.19. The highest BCUT2D eigenvalue weighted by atomic mass is 16.5. The number of piperidine rings is 1. The second-order valence-corrected chi connectivity index (χ2v) is 7.62. The minimum atomic E-state index is 0.379. The van der Waals surface area contributed by atoms with Crippen molar-refractivity contribution in [2.45, 2.75) is 38.7 Å². The van der Waals surface area contributed by atoms with Crippen molar-refractivity contribution in [2.75, 3.05) is 57.0 Å². The third-order valence-electron chi connectivity index (χ3n) is 5.64. The molecule has 3 rings (SSSR count). The van der Waals surface area contributed by atoms with E-state index in [1.54, 1.807) is 0 Å². The Hall–Kier alpha value is -1.26. The van der Waals surface area contributed by atoms with Crippen LogP contribution < -0.4 is 10.6 Å².